The van der Waals surface area contributed by atoms with Crippen molar-refractivity contribution in [3.63, 3.8) is 0 Å². The summed E-state index contributed by atoms with van der Waals surface area (Å²) >= 11 is 13.3. The standard InChI is InChI=1S/C14H13Cl2N3OS.C5H10O2S.C4H8/c1-3-7(2)18-14-19-13(17)12(21-14)11(20)10-8(15)5-4-6-9(10)16;1-3-5-8(6,7)4-2;1-4-2-3-4/h3-6H,17H2,1-2H3,(H,18,19);3H,1,4-5H2,2H3;4H,2-3H2,1H3/b7-3+;;. The highest BCUT2D eigenvalue weighted by molar-refractivity contribution is 7.91. The smallest absolute Gasteiger partial charge is 0.209 e. The second-order valence-electron chi connectivity index (χ2n) is 7.43. The normalized spacial score (nSPS) is 13.2. The molecular weight excluding hydrogens is 501 g/mol. The van der Waals surface area contributed by atoms with E-state index in [9.17, 15) is 13.2 Å². The van der Waals surface area contributed by atoms with Crippen molar-refractivity contribution in [3.05, 3.63) is 63.1 Å². The van der Waals surface area contributed by atoms with Crippen LogP contribution in [-0.4, -0.2) is 30.7 Å². The summed E-state index contributed by atoms with van der Waals surface area (Å²) in [6.45, 7) is 11.0. The van der Waals surface area contributed by atoms with Gasteiger partial charge < -0.3 is 11.1 Å². The lowest BCUT2D eigenvalue weighted by Crippen LogP contribution is -2.05. The third kappa shape index (κ3) is 10.3. The van der Waals surface area contributed by atoms with Crippen LogP contribution in [0.1, 0.15) is 55.8 Å². The van der Waals surface area contributed by atoms with Gasteiger partial charge >= 0.3 is 0 Å². The molecule has 0 saturated heterocycles. The van der Waals surface area contributed by atoms with Crippen molar-refractivity contribution in [1.29, 1.82) is 0 Å². The summed E-state index contributed by atoms with van der Waals surface area (Å²) in [7, 11) is -2.79. The van der Waals surface area contributed by atoms with E-state index in [1.165, 1.54) is 30.3 Å². The number of nitrogens with two attached hydrogens (primary N) is 1. The van der Waals surface area contributed by atoms with Gasteiger partial charge in [0.2, 0.25) is 5.78 Å². The van der Waals surface area contributed by atoms with Crippen LogP contribution < -0.4 is 11.1 Å². The predicted octanol–water partition coefficient (Wildman–Crippen LogP) is 6.62. The fraction of sp³-hybridized carbons (Fsp3) is 0.391. The maximum Gasteiger partial charge on any atom is 0.209 e. The number of nitrogens with zero attached hydrogens (tertiary/aromatic N) is 1. The Bertz CT molecular complexity index is 1070. The molecule has 1 aromatic heterocycles. The minimum absolute atomic E-state index is 0.101. The Kier molecular flexibility index (Phi) is 12.1. The van der Waals surface area contributed by atoms with Gasteiger partial charge in [-0.15, -0.1) is 6.58 Å². The molecule has 0 bridgehead atoms. The van der Waals surface area contributed by atoms with Gasteiger partial charge in [0.1, 0.15) is 10.7 Å². The lowest BCUT2D eigenvalue weighted by atomic mass is 10.1. The van der Waals surface area contributed by atoms with Crippen LogP contribution in [0.2, 0.25) is 10.0 Å². The van der Waals surface area contributed by atoms with Crippen molar-refractivity contribution in [3.8, 4) is 0 Å². The molecule has 0 radical (unpaired) electrons. The number of anilines is 2. The van der Waals surface area contributed by atoms with Crippen molar-refractivity contribution in [2.45, 2.75) is 40.5 Å². The molecule has 0 unspecified atom stereocenters. The van der Waals surface area contributed by atoms with Crippen molar-refractivity contribution >= 4 is 61.1 Å². The molecule has 1 aliphatic carbocycles. The van der Waals surface area contributed by atoms with Gasteiger partial charge in [-0.05, 0) is 31.9 Å². The van der Waals surface area contributed by atoms with E-state index in [0.29, 0.717) is 20.1 Å². The Balaban J connectivity index is 0.000000371. The summed E-state index contributed by atoms with van der Waals surface area (Å²) in [5.41, 5.74) is 6.99. The van der Waals surface area contributed by atoms with Crippen LogP contribution in [0.25, 0.3) is 0 Å². The van der Waals surface area contributed by atoms with E-state index in [4.69, 9.17) is 28.9 Å². The van der Waals surface area contributed by atoms with Crippen molar-refractivity contribution in [1.82, 2.24) is 4.98 Å². The monoisotopic (exact) mass is 531 g/mol. The fourth-order valence-corrected chi connectivity index (χ4v) is 4.14. The highest BCUT2D eigenvalue weighted by Gasteiger charge is 2.22. The van der Waals surface area contributed by atoms with Crippen LogP contribution in [0.3, 0.4) is 0 Å². The van der Waals surface area contributed by atoms with Crippen LogP contribution >= 0.6 is 34.5 Å². The number of rotatable bonds is 7. The number of nitrogens with one attached hydrogen (secondary N) is 1. The number of carbonyl (C=O) groups excluding carboxylic acids is 1. The summed E-state index contributed by atoms with van der Waals surface area (Å²) in [5, 5.41) is 4.19. The second kappa shape index (κ2) is 13.7. The average Bonchev–Trinajstić information content (AvgIpc) is 3.45. The van der Waals surface area contributed by atoms with E-state index in [1.807, 2.05) is 19.9 Å². The largest absolute Gasteiger partial charge is 0.382 e. The highest BCUT2D eigenvalue weighted by Crippen LogP contribution is 2.33. The average molecular weight is 533 g/mol. The van der Waals surface area contributed by atoms with E-state index in [-0.39, 0.29) is 28.7 Å². The second-order valence-corrected chi connectivity index (χ2v) is 11.6. The predicted molar refractivity (Wildman–Crippen MR) is 142 cm³/mol. The van der Waals surface area contributed by atoms with Crippen LogP contribution in [0.5, 0.6) is 0 Å². The molecule has 1 heterocycles. The van der Waals surface area contributed by atoms with E-state index < -0.39 is 9.84 Å². The number of sulfone groups is 1. The number of halogens is 2. The summed E-state index contributed by atoms with van der Waals surface area (Å²) in [6, 6.07) is 4.90. The molecule has 33 heavy (non-hydrogen) atoms. The Labute approximate surface area is 210 Å². The lowest BCUT2D eigenvalue weighted by Gasteiger charge is -2.04. The first-order chi connectivity index (χ1) is 15.4. The van der Waals surface area contributed by atoms with Crippen molar-refractivity contribution in [2.24, 2.45) is 5.92 Å². The summed E-state index contributed by atoms with van der Waals surface area (Å²) in [6.07, 6.45) is 6.27. The van der Waals surface area contributed by atoms with Gasteiger partial charge in [-0.25, -0.2) is 13.4 Å². The van der Waals surface area contributed by atoms with E-state index in [2.05, 4.69) is 23.8 Å². The molecule has 1 aromatic carbocycles. The molecular formula is C23H31Cl2N3O3S2. The molecule has 0 amide bonds. The molecule has 6 nitrogen and oxygen atoms in total. The summed E-state index contributed by atoms with van der Waals surface area (Å²) in [5.74, 6) is 1.22. The molecule has 0 atom stereocenters. The zero-order valence-corrected chi connectivity index (χ0v) is 22.5. The van der Waals surface area contributed by atoms with E-state index >= 15 is 0 Å². The van der Waals surface area contributed by atoms with Gasteiger partial charge in [-0.1, -0.05) is 79.4 Å². The lowest BCUT2D eigenvalue weighted by molar-refractivity contribution is 0.104. The first-order valence-corrected chi connectivity index (χ1v) is 13.8. The van der Waals surface area contributed by atoms with Gasteiger partial charge in [0.05, 0.1) is 21.4 Å². The van der Waals surface area contributed by atoms with Crippen LogP contribution in [0.15, 0.2) is 42.6 Å². The van der Waals surface area contributed by atoms with Gasteiger partial charge in [0.25, 0.3) is 0 Å². The number of ketones is 1. The quantitative estimate of drug-likeness (QED) is 0.307. The van der Waals surface area contributed by atoms with E-state index in [0.717, 1.165) is 11.6 Å². The van der Waals surface area contributed by atoms with Gasteiger partial charge in [0.15, 0.2) is 15.0 Å². The topological polar surface area (TPSA) is 102 Å². The van der Waals surface area contributed by atoms with Crippen molar-refractivity contribution in [2.75, 3.05) is 22.6 Å². The maximum atomic E-state index is 12.6. The number of nitrogen functional groups attached to an aromatic ring is 1. The number of hydrogen-bond acceptors (Lipinski definition) is 7. The summed E-state index contributed by atoms with van der Waals surface area (Å²) < 4.78 is 21.1. The molecule has 0 spiro atoms. The molecule has 182 valence electrons. The minimum atomic E-state index is -2.79. The highest BCUT2D eigenvalue weighted by atomic mass is 35.5. The van der Waals surface area contributed by atoms with Gasteiger partial charge in [0, 0.05) is 11.4 Å². The van der Waals surface area contributed by atoms with Gasteiger partial charge in [-0.2, -0.15) is 0 Å². The zero-order chi connectivity index (χ0) is 25.2. The van der Waals surface area contributed by atoms with E-state index in [1.54, 1.807) is 25.1 Å². The minimum Gasteiger partial charge on any atom is -0.382 e. The van der Waals surface area contributed by atoms with Crippen molar-refractivity contribution < 1.29 is 13.2 Å². The number of hydrogen-bond donors (Lipinski definition) is 2. The molecule has 3 rings (SSSR count). The number of carbonyl (C=O) groups is 1. The Morgan fingerprint density at radius 1 is 1.33 bits per heavy atom. The number of aromatic nitrogens is 1. The van der Waals surface area contributed by atoms with Crippen LogP contribution in [-0.2, 0) is 9.84 Å². The van der Waals surface area contributed by atoms with Gasteiger partial charge in [-0.3, -0.25) is 4.79 Å². The molecule has 1 saturated carbocycles. The zero-order valence-electron chi connectivity index (χ0n) is 19.3. The number of thiazole rings is 1. The first-order valence-electron chi connectivity index (χ1n) is 10.4. The fourth-order valence-electron chi connectivity index (χ4n) is 2.08. The Morgan fingerprint density at radius 3 is 2.27 bits per heavy atom. The number of benzene rings is 1. The molecule has 10 heteroatoms. The molecule has 1 aliphatic rings. The molecule has 3 N–H and O–H groups in total. The third-order valence-corrected chi connectivity index (χ3v) is 7.70. The Morgan fingerprint density at radius 2 is 1.88 bits per heavy atom. The summed E-state index contributed by atoms with van der Waals surface area (Å²) in [4.78, 5) is 17.0. The molecule has 0 aliphatic heterocycles. The SMILES string of the molecule is C/C=C(\C)Nc1nc(N)c(C(=O)c2c(Cl)cccc2Cl)s1.C=CCS(=O)(=O)CC.CC1CC1. The van der Waals surface area contributed by atoms with Crippen LogP contribution in [0, 0.1) is 5.92 Å². The maximum absolute atomic E-state index is 12.6. The number of allylic oxidation sites excluding steroid dienone is 2. The Hall–Kier alpha value is -1.87. The third-order valence-electron chi connectivity index (χ3n) is 4.46. The first kappa shape index (κ1) is 29.2. The van der Waals surface area contributed by atoms with Crippen LogP contribution in [0.4, 0.5) is 10.9 Å². The molecule has 2 aromatic rings. The molecule has 1 fully saturated rings.